The van der Waals surface area contributed by atoms with Gasteiger partial charge in [0.05, 0.1) is 16.4 Å². The highest BCUT2D eigenvalue weighted by molar-refractivity contribution is 6.11. The number of nitrogens with zero attached hydrogens (tertiary/aromatic N) is 1. The van der Waals surface area contributed by atoms with Crippen LogP contribution in [0.3, 0.4) is 0 Å². The molecule has 10 aromatic rings. The van der Waals surface area contributed by atoms with Gasteiger partial charge in [0.1, 0.15) is 5.58 Å². The molecule has 0 spiro atoms. The van der Waals surface area contributed by atoms with Gasteiger partial charge in [0.2, 0.25) is 0 Å². The predicted octanol–water partition coefficient (Wildman–Crippen LogP) is 12.7. The highest BCUT2D eigenvalue weighted by Gasteiger charge is 2.15. The molecule has 0 saturated carbocycles. The molecule has 0 amide bonds. The summed E-state index contributed by atoms with van der Waals surface area (Å²) < 4.78 is 8.21. The molecule has 0 radical (unpaired) electrons. The number of benzene rings is 8. The minimum absolute atomic E-state index is 0.333. The quantitative estimate of drug-likeness (QED) is 0.135. The molecule has 2 heterocycles. The van der Waals surface area contributed by atoms with Crippen molar-refractivity contribution in [3.05, 3.63) is 198 Å². The first kappa shape index (κ1) is 29.9. The fourth-order valence-corrected chi connectivity index (χ4v) is 7.69. The Labute approximate surface area is 300 Å². The van der Waals surface area contributed by atoms with E-state index in [4.69, 9.17) is 4.42 Å². The summed E-state index contributed by atoms with van der Waals surface area (Å²) in [4.78, 5) is 13.3. The second kappa shape index (κ2) is 12.1. The molecule has 0 N–H and O–H groups in total. The van der Waals surface area contributed by atoms with Crippen molar-refractivity contribution in [1.29, 1.82) is 0 Å². The largest absolute Gasteiger partial charge is 0.422 e. The highest BCUT2D eigenvalue weighted by atomic mass is 16.4. The molecule has 0 bridgehead atoms. The van der Waals surface area contributed by atoms with Gasteiger partial charge in [-0.15, -0.1) is 0 Å². The fourth-order valence-electron chi connectivity index (χ4n) is 7.69. The van der Waals surface area contributed by atoms with Crippen LogP contribution in [-0.4, -0.2) is 4.57 Å². The zero-order valence-electron chi connectivity index (χ0n) is 28.2. The minimum atomic E-state index is -0.333. The van der Waals surface area contributed by atoms with Crippen LogP contribution in [0.5, 0.6) is 0 Å². The van der Waals surface area contributed by atoms with Crippen molar-refractivity contribution in [2.24, 2.45) is 0 Å². The lowest BCUT2D eigenvalue weighted by Crippen LogP contribution is -2.00. The second-order valence-corrected chi connectivity index (χ2v) is 13.3. The Morgan fingerprint density at radius 2 is 0.827 bits per heavy atom. The van der Waals surface area contributed by atoms with Crippen LogP contribution in [0.2, 0.25) is 0 Å². The lowest BCUT2D eigenvalue weighted by Gasteiger charge is -2.13. The Morgan fingerprint density at radius 1 is 0.327 bits per heavy atom. The Bertz CT molecular complexity index is 2950. The van der Waals surface area contributed by atoms with Crippen molar-refractivity contribution >= 4 is 43.5 Å². The first-order chi connectivity index (χ1) is 25.7. The van der Waals surface area contributed by atoms with Crippen LogP contribution in [0.15, 0.2) is 197 Å². The number of rotatable bonds is 5. The van der Waals surface area contributed by atoms with Gasteiger partial charge in [0.25, 0.3) is 0 Å². The second-order valence-electron chi connectivity index (χ2n) is 13.3. The predicted molar refractivity (Wildman–Crippen MR) is 216 cm³/mol. The minimum Gasteiger partial charge on any atom is -0.422 e. The average Bonchev–Trinajstić information content (AvgIpc) is 3.55. The van der Waals surface area contributed by atoms with E-state index in [1.54, 1.807) is 0 Å². The van der Waals surface area contributed by atoms with Gasteiger partial charge in [-0.2, -0.15) is 0 Å². The molecule has 0 saturated heterocycles. The molecule has 52 heavy (non-hydrogen) atoms. The van der Waals surface area contributed by atoms with E-state index < -0.39 is 0 Å². The zero-order valence-corrected chi connectivity index (χ0v) is 28.2. The number of para-hydroxylation sites is 2. The summed E-state index contributed by atoms with van der Waals surface area (Å²) in [6.07, 6.45) is 0. The van der Waals surface area contributed by atoms with Gasteiger partial charge >= 0.3 is 5.63 Å². The van der Waals surface area contributed by atoms with Gasteiger partial charge < -0.3 is 8.98 Å². The van der Waals surface area contributed by atoms with Gasteiger partial charge in [-0.05, 0) is 117 Å². The summed E-state index contributed by atoms with van der Waals surface area (Å²) in [7, 11) is 0. The summed E-state index contributed by atoms with van der Waals surface area (Å²) in [5, 5.41) is 4.73. The van der Waals surface area contributed by atoms with Crippen molar-refractivity contribution in [1.82, 2.24) is 4.57 Å². The van der Waals surface area contributed by atoms with E-state index in [9.17, 15) is 4.79 Å². The number of hydrogen-bond acceptors (Lipinski definition) is 2. The third kappa shape index (κ3) is 5.02. The molecule has 0 atom stereocenters. The van der Waals surface area contributed by atoms with E-state index in [0.29, 0.717) is 11.0 Å². The third-order valence-corrected chi connectivity index (χ3v) is 10.2. The fraction of sp³-hybridized carbons (Fsp3) is 0. The van der Waals surface area contributed by atoms with Crippen molar-refractivity contribution in [2.75, 3.05) is 0 Å². The third-order valence-electron chi connectivity index (χ3n) is 10.2. The topological polar surface area (TPSA) is 35.1 Å². The molecule has 0 aliphatic rings. The number of aromatic nitrogens is 1. The lowest BCUT2D eigenvalue weighted by molar-refractivity contribution is 0.570. The molecular formula is C49H31NO2. The van der Waals surface area contributed by atoms with E-state index in [1.165, 1.54) is 16.3 Å². The maximum absolute atomic E-state index is 13.3. The molecule has 244 valence electrons. The SMILES string of the molecule is O=c1oc2ccc(-c3cc(-c4ccccc4)cc(-c4ccccc4)c3)cc2c2cc(-c3ccc4c(c3)c3ccccc3n4-c3ccccc3)ccc12. The van der Waals surface area contributed by atoms with Gasteiger partial charge in [-0.3, -0.25) is 0 Å². The smallest absolute Gasteiger partial charge is 0.344 e. The van der Waals surface area contributed by atoms with Crippen LogP contribution in [0.25, 0.3) is 93.7 Å². The van der Waals surface area contributed by atoms with Crippen LogP contribution in [0.4, 0.5) is 0 Å². The molecule has 0 unspecified atom stereocenters. The van der Waals surface area contributed by atoms with Crippen LogP contribution >= 0.6 is 0 Å². The van der Waals surface area contributed by atoms with Crippen molar-refractivity contribution in [3.63, 3.8) is 0 Å². The summed E-state index contributed by atoms with van der Waals surface area (Å²) in [6.45, 7) is 0. The lowest BCUT2D eigenvalue weighted by atomic mass is 9.92. The molecule has 0 fully saturated rings. The Hall–Kier alpha value is -6.97. The zero-order chi connectivity index (χ0) is 34.6. The van der Waals surface area contributed by atoms with Crippen molar-refractivity contribution in [3.8, 4) is 50.2 Å². The number of hydrogen-bond donors (Lipinski definition) is 0. The van der Waals surface area contributed by atoms with Crippen LogP contribution < -0.4 is 5.63 Å². The van der Waals surface area contributed by atoms with Crippen LogP contribution in [0.1, 0.15) is 0 Å². The Morgan fingerprint density at radius 3 is 1.52 bits per heavy atom. The first-order valence-corrected chi connectivity index (χ1v) is 17.5. The average molecular weight is 666 g/mol. The van der Waals surface area contributed by atoms with Gasteiger partial charge in [-0.25, -0.2) is 4.79 Å². The van der Waals surface area contributed by atoms with Gasteiger partial charge in [0, 0.05) is 27.2 Å². The van der Waals surface area contributed by atoms with E-state index in [1.807, 2.05) is 36.4 Å². The molecule has 8 aromatic carbocycles. The Kier molecular flexibility index (Phi) is 6.97. The standard InChI is InChI=1S/C49H31NO2/c51-49-42-23-20-34(35-21-24-47-44(30-35)41-18-10-11-19-46(41)50(47)40-16-8-3-9-17-40)29-43(42)45-31-36(22-25-48(45)52-49)39-27-37(32-12-4-1-5-13-32)26-38(28-39)33-14-6-2-7-15-33/h1-31H. The molecular weight excluding hydrogens is 635 g/mol. The van der Waals surface area contributed by atoms with Crippen LogP contribution in [-0.2, 0) is 0 Å². The van der Waals surface area contributed by atoms with E-state index in [0.717, 1.165) is 66.5 Å². The molecule has 3 heteroatoms. The summed E-state index contributed by atoms with van der Waals surface area (Å²) in [6, 6.07) is 65.7. The Balaban J connectivity index is 1.15. The molecule has 3 nitrogen and oxygen atoms in total. The van der Waals surface area contributed by atoms with Crippen LogP contribution in [0, 0.1) is 0 Å². The highest BCUT2D eigenvalue weighted by Crippen LogP contribution is 2.38. The summed E-state index contributed by atoms with van der Waals surface area (Å²) in [5.74, 6) is 0. The van der Waals surface area contributed by atoms with E-state index >= 15 is 0 Å². The maximum Gasteiger partial charge on any atom is 0.344 e. The van der Waals surface area contributed by atoms with Crippen molar-refractivity contribution < 1.29 is 4.42 Å². The molecule has 0 aliphatic heterocycles. The number of fused-ring (bicyclic) bond motifs is 6. The monoisotopic (exact) mass is 665 g/mol. The first-order valence-electron chi connectivity index (χ1n) is 17.5. The van der Waals surface area contributed by atoms with Gasteiger partial charge in [0.15, 0.2) is 0 Å². The molecule has 0 aliphatic carbocycles. The summed E-state index contributed by atoms with van der Waals surface area (Å²) >= 11 is 0. The molecule has 2 aromatic heterocycles. The van der Waals surface area contributed by atoms with E-state index in [2.05, 4.69) is 156 Å². The van der Waals surface area contributed by atoms with Gasteiger partial charge in [-0.1, -0.05) is 115 Å². The van der Waals surface area contributed by atoms with Crippen molar-refractivity contribution in [2.45, 2.75) is 0 Å². The normalized spacial score (nSPS) is 11.5. The summed E-state index contributed by atoms with van der Waals surface area (Å²) in [5.41, 5.74) is 12.6. The maximum atomic E-state index is 13.3. The molecule has 10 rings (SSSR count). The van der Waals surface area contributed by atoms with E-state index in [-0.39, 0.29) is 5.63 Å².